The molecule has 1 nitrogen and oxygen atoms in total. The molecule has 1 atom stereocenters. The van der Waals surface area contributed by atoms with Crippen LogP contribution in [0, 0.1) is 0 Å². The Balaban J connectivity index is 2.33. The molecule has 2 rings (SSSR count). The first-order chi connectivity index (χ1) is 8.16. The van der Waals surface area contributed by atoms with Crippen LogP contribution in [0.25, 0.3) is 0 Å². The van der Waals surface area contributed by atoms with Gasteiger partial charge in [0.1, 0.15) is 0 Å². The van der Waals surface area contributed by atoms with Gasteiger partial charge in [0.2, 0.25) is 0 Å². The van der Waals surface area contributed by atoms with Gasteiger partial charge in [-0.1, -0.05) is 45.9 Å². The van der Waals surface area contributed by atoms with Gasteiger partial charge in [0.25, 0.3) is 0 Å². The minimum atomic E-state index is -0.460. The van der Waals surface area contributed by atoms with E-state index in [1.54, 1.807) is 18.7 Å². The summed E-state index contributed by atoms with van der Waals surface area (Å²) in [4.78, 5) is 2.27. The third kappa shape index (κ3) is 3.35. The Hall–Kier alpha value is -0.770. The molecule has 0 heterocycles. The summed E-state index contributed by atoms with van der Waals surface area (Å²) in [6.07, 6.45) is -0.460. The average Bonchev–Trinajstić information content (AvgIpc) is 2.32. The third-order valence-corrected chi connectivity index (χ3v) is 3.99. The normalized spacial score (nSPS) is 12.4. The van der Waals surface area contributed by atoms with Crippen molar-refractivity contribution < 1.29 is 5.11 Å². The van der Waals surface area contributed by atoms with Crippen LogP contribution >= 0.6 is 27.7 Å². The minimum absolute atomic E-state index is 0.460. The van der Waals surface area contributed by atoms with E-state index in [1.165, 1.54) is 4.90 Å². The zero-order valence-electron chi connectivity index (χ0n) is 9.43. The molecule has 2 aromatic rings. The summed E-state index contributed by atoms with van der Waals surface area (Å²) < 4.78 is 0.991. The van der Waals surface area contributed by atoms with Crippen LogP contribution in [-0.4, -0.2) is 5.11 Å². The first kappa shape index (κ1) is 12.7. The van der Waals surface area contributed by atoms with Crippen molar-refractivity contribution in [2.24, 2.45) is 0 Å². The molecular formula is C14H13BrOS. The highest BCUT2D eigenvalue weighted by atomic mass is 79.9. The fraction of sp³-hybridized carbons (Fsp3) is 0.143. The van der Waals surface area contributed by atoms with Crippen LogP contribution in [0.2, 0.25) is 0 Å². The molecule has 0 bridgehead atoms. The molecule has 0 amide bonds. The molecule has 0 aliphatic rings. The predicted molar refractivity (Wildman–Crippen MR) is 75.3 cm³/mol. The van der Waals surface area contributed by atoms with Crippen molar-refractivity contribution in [3.63, 3.8) is 0 Å². The first-order valence-electron chi connectivity index (χ1n) is 5.37. The smallest absolute Gasteiger partial charge is 0.0773 e. The fourth-order valence-corrected chi connectivity index (χ4v) is 2.96. The molecule has 1 N–H and O–H groups in total. The van der Waals surface area contributed by atoms with Crippen molar-refractivity contribution in [3.8, 4) is 0 Å². The number of benzene rings is 2. The highest BCUT2D eigenvalue weighted by Gasteiger charge is 2.09. The largest absolute Gasteiger partial charge is 0.389 e. The maximum absolute atomic E-state index is 9.77. The molecule has 0 aliphatic heterocycles. The molecule has 0 radical (unpaired) electrons. The molecule has 0 aliphatic carbocycles. The van der Waals surface area contributed by atoms with Crippen molar-refractivity contribution in [1.29, 1.82) is 0 Å². The van der Waals surface area contributed by atoms with Crippen LogP contribution in [0.4, 0.5) is 0 Å². The lowest BCUT2D eigenvalue weighted by atomic mass is 10.1. The van der Waals surface area contributed by atoms with Crippen LogP contribution in [-0.2, 0) is 0 Å². The number of hydrogen-bond donors (Lipinski definition) is 1. The zero-order chi connectivity index (χ0) is 12.3. The van der Waals surface area contributed by atoms with Gasteiger partial charge >= 0.3 is 0 Å². The maximum atomic E-state index is 9.77. The molecule has 2 aromatic carbocycles. The standard InChI is InChI=1S/C14H13BrOS/c1-10(16)13-9-11(15)7-8-14(13)17-12-5-3-2-4-6-12/h2-10,16H,1H3. The summed E-state index contributed by atoms with van der Waals surface area (Å²) in [7, 11) is 0. The summed E-state index contributed by atoms with van der Waals surface area (Å²) in [5.41, 5.74) is 0.952. The second-order valence-corrected chi connectivity index (χ2v) is 5.80. The summed E-state index contributed by atoms with van der Waals surface area (Å²) in [5.74, 6) is 0. The quantitative estimate of drug-likeness (QED) is 0.890. The van der Waals surface area contributed by atoms with Crippen LogP contribution in [0.15, 0.2) is 62.8 Å². The lowest BCUT2D eigenvalue weighted by Gasteiger charge is -2.12. The minimum Gasteiger partial charge on any atom is -0.389 e. The number of aliphatic hydroxyl groups is 1. The lowest BCUT2D eigenvalue weighted by Crippen LogP contribution is -1.93. The monoisotopic (exact) mass is 308 g/mol. The van der Waals surface area contributed by atoms with E-state index in [0.717, 1.165) is 14.9 Å². The topological polar surface area (TPSA) is 20.2 Å². The van der Waals surface area contributed by atoms with Crippen LogP contribution < -0.4 is 0 Å². The molecule has 0 fully saturated rings. The lowest BCUT2D eigenvalue weighted by molar-refractivity contribution is 0.196. The van der Waals surface area contributed by atoms with Crippen molar-refractivity contribution >= 4 is 27.7 Å². The van der Waals surface area contributed by atoms with Crippen molar-refractivity contribution in [3.05, 3.63) is 58.6 Å². The second-order valence-electron chi connectivity index (χ2n) is 3.77. The fourth-order valence-electron chi connectivity index (χ4n) is 1.55. The highest BCUT2D eigenvalue weighted by Crippen LogP contribution is 2.34. The first-order valence-corrected chi connectivity index (χ1v) is 6.98. The van der Waals surface area contributed by atoms with E-state index >= 15 is 0 Å². The Kier molecular flexibility index (Phi) is 4.26. The van der Waals surface area contributed by atoms with E-state index < -0.39 is 6.10 Å². The van der Waals surface area contributed by atoms with Gasteiger partial charge in [0, 0.05) is 14.3 Å². The van der Waals surface area contributed by atoms with Gasteiger partial charge < -0.3 is 5.11 Å². The van der Waals surface area contributed by atoms with Crippen LogP contribution in [0.1, 0.15) is 18.6 Å². The molecule has 3 heteroatoms. The van der Waals surface area contributed by atoms with Crippen molar-refractivity contribution in [1.82, 2.24) is 0 Å². The predicted octanol–water partition coefficient (Wildman–Crippen LogP) is 4.65. The average molecular weight is 309 g/mol. The third-order valence-electron chi connectivity index (χ3n) is 2.39. The Bertz CT molecular complexity index is 497. The Labute approximate surface area is 114 Å². The highest BCUT2D eigenvalue weighted by molar-refractivity contribution is 9.10. The number of rotatable bonds is 3. The second kappa shape index (κ2) is 5.71. The van der Waals surface area contributed by atoms with Gasteiger partial charge in [0.15, 0.2) is 0 Å². The van der Waals surface area contributed by atoms with E-state index in [2.05, 4.69) is 28.1 Å². The van der Waals surface area contributed by atoms with Gasteiger partial charge in [-0.05, 0) is 42.8 Å². The van der Waals surface area contributed by atoms with Crippen LogP contribution in [0.3, 0.4) is 0 Å². The van der Waals surface area contributed by atoms with E-state index in [9.17, 15) is 5.11 Å². The van der Waals surface area contributed by atoms with E-state index in [-0.39, 0.29) is 0 Å². The van der Waals surface area contributed by atoms with Crippen molar-refractivity contribution in [2.45, 2.75) is 22.8 Å². The molecule has 0 aromatic heterocycles. The van der Waals surface area contributed by atoms with Crippen molar-refractivity contribution in [2.75, 3.05) is 0 Å². The van der Waals surface area contributed by atoms with Crippen LogP contribution in [0.5, 0.6) is 0 Å². The summed E-state index contributed by atoms with van der Waals surface area (Å²) >= 11 is 5.10. The number of halogens is 1. The molecule has 88 valence electrons. The number of hydrogen-bond acceptors (Lipinski definition) is 2. The Morgan fingerprint density at radius 3 is 2.47 bits per heavy atom. The molecule has 0 saturated carbocycles. The SMILES string of the molecule is CC(O)c1cc(Br)ccc1Sc1ccccc1. The molecular weight excluding hydrogens is 296 g/mol. The Morgan fingerprint density at radius 2 is 1.82 bits per heavy atom. The molecule has 17 heavy (non-hydrogen) atoms. The maximum Gasteiger partial charge on any atom is 0.0773 e. The molecule has 0 saturated heterocycles. The van der Waals surface area contributed by atoms with Gasteiger partial charge in [-0.15, -0.1) is 0 Å². The van der Waals surface area contributed by atoms with E-state index in [4.69, 9.17) is 0 Å². The van der Waals surface area contributed by atoms with Gasteiger partial charge in [-0.25, -0.2) is 0 Å². The van der Waals surface area contributed by atoms with Gasteiger partial charge in [0.05, 0.1) is 6.10 Å². The summed E-state index contributed by atoms with van der Waals surface area (Å²) in [5, 5.41) is 9.77. The van der Waals surface area contributed by atoms with Gasteiger partial charge in [-0.2, -0.15) is 0 Å². The molecule has 0 spiro atoms. The van der Waals surface area contributed by atoms with Gasteiger partial charge in [-0.3, -0.25) is 0 Å². The molecule has 1 unspecified atom stereocenters. The summed E-state index contributed by atoms with van der Waals surface area (Å²) in [6, 6.07) is 16.2. The zero-order valence-corrected chi connectivity index (χ0v) is 11.8. The number of aliphatic hydroxyl groups excluding tert-OH is 1. The van der Waals surface area contributed by atoms with E-state index in [1.807, 2.05) is 36.4 Å². The van der Waals surface area contributed by atoms with E-state index in [0.29, 0.717) is 0 Å². The Morgan fingerprint density at radius 1 is 1.12 bits per heavy atom. The summed E-state index contributed by atoms with van der Waals surface area (Å²) in [6.45, 7) is 1.79.